The first-order chi connectivity index (χ1) is 44.4. The third-order valence-corrected chi connectivity index (χ3v) is 17.1. The highest BCUT2D eigenvalue weighted by molar-refractivity contribution is 5.73. The van der Waals surface area contributed by atoms with Gasteiger partial charge in [0, 0.05) is 13.8 Å². The molecule has 0 spiro atoms. The number of hydrogen-bond acceptors (Lipinski definition) is 40. The molecule has 0 aromatic rings. The fourth-order valence-corrected chi connectivity index (χ4v) is 11.7. The minimum absolute atomic E-state index is 0.865. The van der Waals surface area contributed by atoms with Crippen molar-refractivity contribution >= 4 is 11.8 Å². The number of amides is 2. The maximum absolute atomic E-state index is 12.6. The van der Waals surface area contributed by atoms with Crippen molar-refractivity contribution in [2.75, 3.05) is 52.9 Å². The molecule has 7 fully saturated rings. The normalized spacial score (nSPS) is 47.7. The van der Waals surface area contributed by atoms with E-state index in [4.69, 9.17) is 66.3 Å². The van der Waals surface area contributed by atoms with Gasteiger partial charge in [0.05, 0.1) is 65.0 Å². The number of ether oxygens (including phenoxy) is 14. The molecule has 2 amide bonds. The number of aliphatic hydroxyl groups excluding tert-OH is 24. The lowest BCUT2D eigenvalue weighted by Crippen LogP contribution is -2.68. The summed E-state index contributed by atoms with van der Waals surface area (Å²) < 4.78 is 79.5. The lowest BCUT2D eigenvalue weighted by atomic mass is 9.95. The van der Waals surface area contributed by atoms with Crippen LogP contribution in [0.4, 0.5) is 0 Å². The van der Waals surface area contributed by atoms with E-state index in [1.54, 1.807) is 0 Å². The summed E-state index contributed by atoms with van der Waals surface area (Å²) >= 11 is 0. The zero-order valence-corrected chi connectivity index (χ0v) is 50.4. The Kier molecular flexibility index (Phi) is 29.0. The second kappa shape index (κ2) is 34.7. The van der Waals surface area contributed by atoms with E-state index in [1.165, 1.54) is 6.92 Å². The highest BCUT2D eigenvalue weighted by atomic mass is 16.8. The zero-order chi connectivity index (χ0) is 69.6. The molecule has 42 nitrogen and oxygen atoms in total. The van der Waals surface area contributed by atoms with Gasteiger partial charge in [-0.25, -0.2) is 0 Å². The van der Waals surface area contributed by atoms with E-state index in [1.807, 2.05) is 0 Å². The highest BCUT2D eigenvalue weighted by Crippen LogP contribution is 2.38. The number of nitrogens with one attached hydrogen (secondary N) is 2. The summed E-state index contributed by atoms with van der Waals surface area (Å²) in [6.07, 6.45) is -72.7. The summed E-state index contributed by atoms with van der Waals surface area (Å²) in [6.45, 7) is -5.13. The molecule has 94 heavy (non-hydrogen) atoms. The summed E-state index contributed by atoms with van der Waals surface area (Å²) in [4.78, 5) is 25.0. The first-order valence-electron chi connectivity index (χ1n) is 29.9. The van der Waals surface area contributed by atoms with E-state index < -0.39 is 304 Å². The van der Waals surface area contributed by atoms with E-state index >= 15 is 0 Å². The molecule has 42 heteroatoms. The fourth-order valence-electron chi connectivity index (χ4n) is 11.7. The Morgan fingerprint density at radius 2 is 0.755 bits per heavy atom. The number of carbonyl (C=O) groups is 2. The van der Waals surface area contributed by atoms with Crippen LogP contribution in [0.5, 0.6) is 0 Å². The van der Waals surface area contributed by atoms with Crippen LogP contribution in [-0.4, -0.2) is 426 Å². The van der Waals surface area contributed by atoms with E-state index in [2.05, 4.69) is 10.6 Å². The van der Waals surface area contributed by atoms with Crippen LogP contribution < -0.4 is 10.6 Å². The van der Waals surface area contributed by atoms with Crippen molar-refractivity contribution < 1.29 is 198 Å². The van der Waals surface area contributed by atoms with Gasteiger partial charge in [-0.15, -0.1) is 0 Å². The Hall–Kier alpha value is -2.58. The Labute approximate surface area is 532 Å². The first-order valence-corrected chi connectivity index (χ1v) is 29.9. The Morgan fingerprint density at radius 1 is 0.383 bits per heavy atom. The molecule has 7 heterocycles. The first kappa shape index (κ1) is 78.8. The smallest absolute Gasteiger partial charge is 0.217 e. The predicted molar refractivity (Wildman–Crippen MR) is 288 cm³/mol. The summed E-state index contributed by atoms with van der Waals surface area (Å²) in [6, 6.07) is -3.52. The molecule has 26 N–H and O–H groups in total. The van der Waals surface area contributed by atoms with E-state index in [-0.39, 0.29) is 0 Å². The molecule has 548 valence electrons. The standard InChI is InChI=1S/C52H90N2O40/c1-12-24(65)30(71)35(76)47(82-12)94-45-32(73)27(68)18(6-57)85-52(45)93-44-28(69)19(7-58)84-51(39(44)80)92-43-22(10-61)87-49(37(78)33(43)74)89-40(15(4-55)53-13(2)62)25(66)16(64)11-81-46-23(54-14(3)63)29(70)41(20(8-59)86-46)90-50-38(79)34(75)42(21(9-60)88-50)91-48-36(77)31(72)26(67)17(5-56)83-48/h12,15-52,55-61,64-80H,4-11H2,1-3H3,(H,53,62)(H,54,63)/t12-,15-,16+,17+,18+,19+,20+,21+,22+,23+,24+,25-,26-,27-,28-,29+,30+,31-,32-,33+,34+,35-,36+,37+,38+,39+,40+,41+,42-,43-,44-,45+,46+,47-,48+,49-,50-,51+,52+/m0/s1. The minimum atomic E-state index is -2.39. The molecule has 0 bridgehead atoms. The van der Waals surface area contributed by atoms with Gasteiger partial charge in [0.1, 0.15) is 183 Å². The molecule has 7 rings (SSSR count). The average molecular weight is 1380 g/mol. The topological polar surface area (TPSA) is 673 Å². The molecule has 0 aromatic heterocycles. The van der Waals surface area contributed by atoms with Gasteiger partial charge in [-0.2, -0.15) is 0 Å². The number of hydrogen-bond donors (Lipinski definition) is 26. The molecule has 7 aliphatic heterocycles. The summed E-state index contributed by atoms with van der Waals surface area (Å²) in [5.74, 6) is -1.75. The van der Waals surface area contributed by atoms with E-state index in [0.717, 1.165) is 13.8 Å². The molecule has 7 saturated heterocycles. The molecule has 39 atom stereocenters. The zero-order valence-electron chi connectivity index (χ0n) is 50.4. The third kappa shape index (κ3) is 17.4. The van der Waals surface area contributed by atoms with Crippen molar-refractivity contribution in [1.29, 1.82) is 0 Å². The monoisotopic (exact) mass is 1380 g/mol. The minimum Gasteiger partial charge on any atom is -0.394 e. The van der Waals surface area contributed by atoms with Crippen LogP contribution in [0.15, 0.2) is 0 Å². The maximum Gasteiger partial charge on any atom is 0.217 e. The SMILES string of the molecule is CC(=O)N[C@H]1[C@H](OC[C@@H](O)[C@H](O)[C@H](O[C@@H]2O[C@H](CO)[C@H](O[C@H]3O[C@H](CO)[C@H](O)[C@H](O[C@H]4O[C@H](CO)[C@H](O)[C@H](O)[C@H]4O[C@@H]4O[C@@H](C)[C@@H](O)[C@@H](O)[C@@H]4O)[C@H]3O)[C@H](O)[C@H]2O)[C@H](CO)NC(C)=O)O[C@H](CO)[C@@H](O[C@@H]2O[C@H](CO)[C@H](O[C@H]3O[C@H](CO)[C@H](O)[C@H](O)[C@H]3O)[C@H](O)[C@H]2O)[C@@H]1O. The predicted octanol–water partition coefficient (Wildman–Crippen LogP) is -17.5. The Balaban J connectivity index is 1.03. The van der Waals surface area contributed by atoms with Crippen molar-refractivity contribution in [3.05, 3.63) is 0 Å². The van der Waals surface area contributed by atoms with Gasteiger partial charge in [-0.05, 0) is 6.92 Å². The average Bonchev–Trinajstić information content (AvgIpc) is 0.782. The van der Waals surface area contributed by atoms with Crippen LogP contribution >= 0.6 is 0 Å². The van der Waals surface area contributed by atoms with E-state index in [0.29, 0.717) is 0 Å². The summed E-state index contributed by atoms with van der Waals surface area (Å²) in [5, 5.41) is 264. The van der Waals surface area contributed by atoms with Crippen LogP contribution in [0.25, 0.3) is 0 Å². The molecule has 0 saturated carbocycles. The Morgan fingerprint density at radius 3 is 1.24 bits per heavy atom. The van der Waals surface area contributed by atoms with Gasteiger partial charge in [0.2, 0.25) is 11.8 Å². The van der Waals surface area contributed by atoms with Crippen molar-refractivity contribution in [2.45, 2.75) is 260 Å². The molecule has 0 aromatic carbocycles. The highest BCUT2D eigenvalue weighted by Gasteiger charge is 2.58. The van der Waals surface area contributed by atoms with Gasteiger partial charge in [-0.3, -0.25) is 9.59 Å². The summed E-state index contributed by atoms with van der Waals surface area (Å²) in [5.41, 5.74) is 0. The van der Waals surface area contributed by atoms with Crippen LogP contribution in [0.1, 0.15) is 20.8 Å². The van der Waals surface area contributed by atoms with Gasteiger partial charge in [0.25, 0.3) is 0 Å². The van der Waals surface area contributed by atoms with Crippen molar-refractivity contribution in [1.82, 2.24) is 10.6 Å². The number of carbonyl (C=O) groups excluding carboxylic acids is 2. The third-order valence-electron chi connectivity index (χ3n) is 17.1. The van der Waals surface area contributed by atoms with Crippen molar-refractivity contribution in [3.8, 4) is 0 Å². The molecular weight excluding hydrogens is 1290 g/mol. The molecule has 0 radical (unpaired) electrons. The van der Waals surface area contributed by atoms with Crippen molar-refractivity contribution in [2.24, 2.45) is 0 Å². The fraction of sp³-hybridized carbons (Fsp3) is 0.962. The molecular formula is C52H90N2O40. The molecule has 0 aliphatic carbocycles. The van der Waals surface area contributed by atoms with Gasteiger partial charge >= 0.3 is 0 Å². The second-order valence-corrected chi connectivity index (χ2v) is 23.6. The van der Waals surface area contributed by atoms with Crippen LogP contribution in [0, 0.1) is 0 Å². The largest absolute Gasteiger partial charge is 0.394 e. The van der Waals surface area contributed by atoms with Gasteiger partial charge in [-0.1, -0.05) is 0 Å². The van der Waals surface area contributed by atoms with E-state index in [9.17, 15) is 132 Å². The van der Waals surface area contributed by atoms with Gasteiger partial charge in [0.15, 0.2) is 44.0 Å². The lowest BCUT2D eigenvalue weighted by molar-refractivity contribution is -0.396. The van der Waals surface area contributed by atoms with Crippen LogP contribution in [0.3, 0.4) is 0 Å². The quantitative estimate of drug-likeness (QED) is 0.0363. The van der Waals surface area contributed by atoms with Crippen LogP contribution in [0.2, 0.25) is 0 Å². The lowest BCUT2D eigenvalue weighted by Gasteiger charge is -2.49. The number of aliphatic hydroxyl groups is 24. The molecule has 7 aliphatic rings. The summed E-state index contributed by atoms with van der Waals surface area (Å²) in [7, 11) is 0. The van der Waals surface area contributed by atoms with Crippen LogP contribution in [-0.2, 0) is 75.9 Å². The van der Waals surface area contributed by atoms with Gasteiger partial charge < -0.3 is 200 Å². The Bertz CT molecular complexity index is 2310. The number of rotatable bonds is 27. The van der Waals surface area contributed by atoms with Crippen molar-refractivity contribution in [3.63, 3.8) is 0 Å². The molecule has 0 unspecified atom stereocenters. The maximum atomic E-state index is 12.6. The second-order valence-electron chi connectivity index (χ2n) is 23.6.